The third-order valence-electron chi connectivity index (χ3n) is 5.26. The molecule has 1 heterocycles. The van der Waals surface area contributed by atoms with Crippen molar-refractivity contribution in [1.82, 2.24) is 0 Å². The zero-order valence-corrected chi connectivity index (χ0v) is 17.9. The Hall–Kier alpha value is -0.963. The van der Waals surface area contributed by atoms with Gasteiger partial charge in [-0.25, -0.2) is 0 Å². The van der Waals surface area contributed by atoms with Crippen LogP contribution in [0.15, 0.2) is 12.1 Å². The third kappa shape index (κ3) is 5.02. The van der Waals surface area contributed by atoms with Crippen molar-refractivity contribution in [3.8, 4) is 6.07 Å². The van der Waals surface area contributed by atoms with E-state index in [1.807, 2.05) is 12.1 Å². The summed E-state index contributed by atoms with van der Waals surface area (Å²) in [6, 6.07) is 6.29. The van der Waals surface area contributed by atoms with Crippen molar-refractivity contribution < 1.29 is 9.53 Å². The first kappa shape index (κ1) is 21.1. The van der Waals surface area contributed by atoms with E-state index in [-0.39, 0.29) is 5.92 Å². The van der Waals surface area contributed by atoms with Crippen LogP contribution in [0.1, 0.15) is 55.1 Å². The maximum Gasteiger partial charge on any atom is 0.160 e. The van der Waals surface area contributed by atoms with Gasteiger partial charge in [0.15, 0.2) is 6.29 Å². The lowest BCUT2D eigenvalue weighted by molar-refractivity contribution is 0.106. The first-order valence-electron chi connectivity index (χ1n) is 8.74. The van der Waals surface area contributed by atoms with Crippen LogP contribution in [-0.2, 0) is 10.2 Å². The van der Waals surface area contributed by atoms with E-state index in [9.17, 15) is 10.1 Å². The average molecular weight is 366 g/mol. The molecule has 0 spiro atoms. The van der Waals surface area contributed by atoms with Gasteiger partial charge in [0.25, 0.3) is 0 Å². The van der Waals surface area contributed by atoms with Crippen LogP contribution in [0.5, 0.6) is 0 Å². The quantitative estimate of drug-likeness (QED) is 0.331. The van der Waals surface area contributed by atoms with Gasteiger partial charge in [0.2, 0.25) is 0 Å². The van der Waals surface area contributed by atoms with Gasteiger partial charge in [-0.15, -0.1) is 11.3 Å². The number of ether oxygens (including phenoxy) is 1. The van der Waals surface area contributed by atoms with Crippen molar-refractivity contribution in [2.24, 2.45) is 5.92 Å². The van der Waals surface area contributed by atoms with Gasteiger partial charge in [0.1, 0.15) is 0 Å². The van der Waals surface area contributed by atoms with Crippen LogP contribution in [0.2, 0.25) is 18.1 Å². The number of carbonyl (C=O) groups is 1. The topological polar surface area (TPSA) is 50.1 Å². The second-order valence-corrected chi connectivity index (χ2v) is 12.8. The maximum absolute atomic E-state index is 11.0. The molecule has 5 heteroatoms. The number of aldehydes is 1. The first-order chi connectivity index (χ1) is 11.2. The van der Waals surface area contributed by atoms with E-state index >= 15 is 0 Å². The van der Waals surface area contributed by atoms with Crippen molar-refractivity contribution in [2.45, 2.75) is 64.1 Å². The van der Waals surface area contributed by atoms with Crippen molar-refractivity contribution in [3.63, 3.8) is 0 Å². The van der Waals surface area contributed by atoms with Crippen LogP contribution in [0.3, 0.4) is 0 Å². The smallest absolute Gasteiger partial charge is 0.160 e. The summed E-state index contributed by atoms with van der Waals surface area (Å²) in [6.45, 7) is 14.9. The standard InChI is InChI=1S/C19H31NO2SSi/c1-15(2)19(13-20,17-9-8-16(12-21)23-17)10-7-11-22-14-18(3,4)24(5)6/h8-9,12,15,24H,7,10-11,14H2,1-6H3. The predicted molar refractivity (Wildman–Crippen MR) is 105 cm³/mol. The third-order valence-corrected chi connectivity index (χ3v) is 9.75. The van der Waals surface area contributed by atoms with Gasteiger partial charge in [0.05, 0.1) is 16.4 Å². The molecule has 0 aliphatic carbocycles. The van der Waals surface area contributed by atoms with Gasteiger partial charge >= 0.3 is 0 Å². The van der Waals surface area contributed by atoms with Crippen LogP contribution < -0.4 is 0 Å². The molecule has 0 saturated heterocycles. The average Bonchev–Trinajstić information content (AvgIpc) is 2.99. The van der Waals surface area contributed by atoms with E-state index in [2.05, 4.69) is 46.9 Å². The monoisotopic (exact) mass is 365 g/mol. The summed E-state index contributed by atoms with van der Waals surface area (Å²) < 4.78 is 5.91. The molecule has 0 N–H and O–H groups in total. The fourth-order valence-electron chi connectivity index (χ4n) is 2.55. The zero-order valence-electron chi connectivity index (χ0n) is 15.9. The van der Waals surface area contributed by atoms with Gasteiger partial charge < -0.3 is 4.74 Å². The van der Waals surface area contributed by atoms with E-state index < -0.39 is 14.2 Å². The second-order valence-electron chi connectivity index (χ2n) is 7.86. The molecule has 1 atom stereocenters. The van der Waals surface area contributed by atoms with Gasteiger partial charge in [-0.2, -0.15) is 5.26 Å². The zero-order chi connectivity index (χ0) is 18.4. The fraction of sp³-hybridized carbons (Fsp3) is 0.684. The minimum Gasteiger partial charge on any atom is -0.381 e. The highest BCUT2D eigenvalue weighted by molar-refractivity contribution is 7.13. The van der Waals surface area contributed by atoms with E-state index in [1.165, 1.54) is 11.3 Å². The minimum atomic E-state index is -0.746. The molecule has 24 heavy (non-hydrogen) atoms. The highest BCUT2D eigenvalue weighted by Crippen LogP contribution is 2.40. The summed E-state index contributed by atoms with van der Waals surface area (Å²) in [5, 5.41) is 10.2. The molecule has 0 fully saturated rings. The van der Waals surface area contributed by atoms with E-state index in [1.54, 1.807) is 0 Å². The molecule has 3 nitrogen and oxygen atoms in total. The molecular weight excluding hydrogens is 334 g/mol. The Morgan fingerprint density at radius 2 is 2.04 bits per heavy atom. The van der Waals surface area contributed by atoms with E-state index in [4.69, 9.17) is 4.74 Å². The summed E-state index contributed by atoms with van der Waals surface area (Å²) >= 11 is 1.44. The summed E-state index contributed by atoms with van der Waals surface area (Å²) in [4.78, 5) is 12.6. The molecule has 0 saturated carbocycles. The molecule has 0 radical (unpaired) electrons. The van der Waals surface area contributed by atoms with Crippen LogP contribution >= 0.6 is 11.3 Å². The number of thiophene rings is 1. The summed E-state index contributed by atoms with van der Waals surface area (Å²) in [7, 11) is -0.746. The highest BCUT2D eigenvalue weighted by Gasteiger charge is 2.37. The Labute approximate surface area is 152 Å². The number of nitrogens with zero attached hydrogens (tertiary/aromatic N) is 1. The molecule has 1 unspecified atom stereocenters. The number of hydrogen-bond acceptors (Lipinski definition) is 4. The molecule has 0 amide bonds. The van der Waals surface area contributed by atoms with E-state index in [0.29, 0.717) is 16.5 Å². The summed E-state index contributed by atoms with van der Waals surface area (Å²) in [6.07, 6.45) is 2.48. The van der Waals surface area contributed by atoms with Gasteiger partial charge in [0, 0.05) is 26.9 Å². The van der Waals surface area contributed by atoms with Crippen LogP contribution in [0.25, 0.3) is 0 Å². The summed E-state index contributed by atoms with van der Waals surface area (Å²) in [5.74, 6) is 0.195. The maximum atomic E-state index is 11.0. The predicted octanol–water partition coefficient (Wildman–Crippen LogP) is 5.04. The molecule has 0 aliphatic heterocycles. The second kappa shape index (κ2) is 8.94. The Bertz CT molecular complexity index is 574. The molecular formula is C19H31NO2SSi. The normalized spacial score (nSPS) is 14.6. The van der Waals surface area contributed by atoms with Gasteiger partial charge in [-0.1, -0.05) is 40.8 Å². The Morgan fingerprint density at radius 3 is 2.50 bits per heavy atom. The minimum absolute atomic E-state index is 0.195. The highest BCUT2D eigenvalue weighted by atomic mass is 32.1. The van der Waals surface area contributed by atoms with Gasteiger partial charge in [-0.05, 0) is 35.9 Å². The largest absolute Gasteiger partial charge is 0.381 e. The Kier molecular flexibility index (Phi) is 7.85. The van der Waals surface area contributed by atoms with Gasteiger partial charge in [-0.3, -0.25) is 4.79 Å². The van der Waals surface area contributed by atoms with E-state index in [0.717, 1.165) is 30.6 Å². The Balaban J connectivity index is 2.69. The lowest BCUT2D eigenvalue weighted by Gasteiger charge is -2.31. The van der Waals surface area contributed by atoms with Crippen molar-refractivity contribution >= 4 is 26.4 Å². The van der Waals surface area contributed by atoms with Crippen LogP contribution in [0.4, 0.5) is 0 Å². The summed E-state index contributed by atoms with van der Waals surface area (Å²) in [5.41, 5.74) is -0.530. The van der Waals surface area contributed by atoms with Crippen LogP contribution in [-0.4, -0.2) is 28.3 Å². The number of hydrogen-bond donors (Lipinski definition) is 0. The number of nitriles is 1. The molecule has 1 aromatic heterocycles. The number of rotatable bonds is 10. The molecule has 1 rings (SSSR count). The molecule has 134 valence electrons. The van der Waals surface area contributed by atoms with Crippen molar-refractivity contribution in [2.75, 3.05) is 13.2 Å². The van der Waals surface area contributed by atoms with Crippen molar-refractivity contribution in [3.05, 3.63) is 21.9 Å². The molecule has 0 bridgehead atoms. The fourth-order valence-corrected chi connectivity index (χ4v) is 4.14. The molecule has 0 aromatic carbocycles. The Morgan fingerprint density at radius 1 is 1.38 bits per heavy atom. The lowest BCUT2D eigenvalue weighted by Crippen LogP contribution is -2.30. The molecule has 0 aliphatic rings. The lowest BCUT2D eigenvalue weighted by atomic mass is 9.74. The van der Waals surface area contributed by atoms with Crippen molar-refractivity contribution in [1.29, 1.82) is 5.26 Å². The van der Waals surface area contributed by atoms with Crippen LogP contribution in [0, 0.1) is 17.2 Å². The first-order valence-corrected chi connectivity index (χ1v) is 12.4. The molecule has 1 aromatic rings. The SMILES string of the molecule is CC(C)C(C#N)(CCCOCC(C)(C)[SiH](C)C)c1ccc(C=O)s1. The number of carbonyl (C=O) groups excluding carboxylic acids is 1.